The Balaban J connectivity index is 2.07. The van der Waals surface area contributed by atoms with Crippen molar-refractivity contribution >= 4 is 34.5 Å². The molecule has 1 heterocycles. The molecular weight excluding hydrogens is 362 g/mol. The predicted octanol–water partition coefficient (Wildman–Crippen LogP) is 4.89. The molecule has 2 aromatic rings. The van der Waals surface area contributed by atoms with Crippen LogP contribution in [0, 0.1) is 6.92 Å². The molecule has 27 heavy (non-hydrogen) atoms. The lowest BCUT2D eigenvalue weighted by atomic mass is 10.1. The molecule has 5 nitrogen and oxygen atoms in total. The highest BCUT2D eigenvalue weighted by atomic mass is 32.2. The van der Waals surface area contributed by atoms with E-state index in [2.05, 4.69) is 4.99 Å². The largest absolute Gasteiger partial charge is 0.507 e. The van der Waals surface area contributed by atoms with Gasteiger partial charge in [-0.3, -0.25) is 0 Å². The number of aliphatic imine (C=N–C) groups is 1. The number of nitrogens with zero attached hydrogens (tertiary/aromatic N) is 1. The van der Waals surface area contributed by atoms with E-state index in [1.807, 2.05) is 36.4 Å². The number of esters is 1. The van der Waals surface area contributed by atoms with Gasteiger partial charge in [0, 0.05) is 5.56 Å². The van der Waals surface area contributed by atoms with Crippen LogP contribution < -0.4 is 0 Å². The lowest BCUT2D eigenvalue weighted by Gasteiger charge is -2.04. The second kappa shape index (κ2) is 8.14. The van der Waals surface area contributed by atoms with Gasteiger partial charge in [-0.15, -0.1) is 0 Å². The predicted molar refractivity (Wildman–Crippen MR) is 108 cm³/mol. The van der Waals surface area contributed by atoms with Crippen LogP contribution in [0.2, 0.25) is 0 Å². The highest BCUT2D eigenvalue weighted by molar-refractivity contribution is 8.18. The average molecular weight is 381 g/mol. The van der Waals surface area contributed by atoms with Gasteiger partial charge in [0.1, 0.15) is 22.1 Å². The van der Waals surface area contributed by atoms with Crippen LogP contribution in [0.4, 0.5) is 5.69 Å². The topological polar surface area (TPSA) is 79.1 Å². The number of aliphatic hydroxyl groups excluding tert-OH is 1. The second-order valence-corrected chi connectivity index (χ2v) is 6.85. The Hall–Kier alpha value is -2.99. The van der Waals surface area contributed by atoms with Gasteiger partial charge in [-0.2, -0.15) is 0 Å². The van der Waals surface area contributed by atoms with Crippen LogP contribution in [0.3, 0.4) is 0 Å². The van der Waals surface area contributed by atoms with Crippen molar-refractivity contribution in [2.45, 2.75) is 13.8 Å². The lowest BCUT2D eigenvalue weighted by molar-refractivity contribution is -0.138. The van der Waals surface area contributed by atoms with E-state index < -0.39 is 5.97 Å². The van der Waals surface area contributed by atoms with Crippen molar-refractivity contribution < 1.29 is 19.7 Å². The van der Waals surface area contributed by atoms with Crippen LogP contribution in [0.15, 0.2) is 69.8 Å². The number of phenols is 1. The van der Waals surface area contributed by atoms with Gasteiger partial charge in [-0.25, -0.2) is 9.79 Å². The highest BCUT2D eigenvalue weighted by Gasteiger charge is 2.33. The van der Waals surface area contributed by atoms with Gasteiger partial charge in [0.2, 0.25) is 0 Å². The van der Waals surface area contributed by atoms with E-state index in [9.17, 15) is 15.0 Å². The molecular formula is C21H19NO4S. The number of aromatic hydroxyl groups is 1. The third kappa shape index (κ3) is 4.06. The number of carbonyl (C=O) groups excluding carboxylic acids is 1. The molecule has 0 fully saturated rings. The Morgan fingerprint density at radius 2 is 1.89 bits per heavy atom. The minimum atomic E-state index is -0.631. The number of para-hydroxylation sites is 2. The second-order valence-electron chi connectivity index (χ2n) is 5.82. The molecule has 1 aliphatic heterocycles. The van der Waals surface area contributed by atoms with Crippen molar-refractivity contribution in [3.05, 3.63) is 75.9 Å². The highest BCUT2D eigenvalue weighted by Crippen LogP contribution is 2.41. The van der Waals surface area contributed by atoms with E-state index in [1.165, 1.54) is 0 Å². The summed E-state index contributed by atoms with van der Waals surface area (Å²) in [6.45, 7) is 3.69. The molecule has 0 unspecified atom stereocenters. The van der Waals surface area contributed by atoms with Crippen molar-refractivity contribution in [2.24, 2.45) is 4.99 Å². The van der Waals surface area contributed by atoms with E-state index in [0.29, 0.717) is 21.2 Å². The third-order valence-corrected chi connectivity index (χ3v) is 4.93. The molecule has 0 aliphatic carbocycles. The Morgan fingerprint density at radius 1 is 1.15 bits per heavy atom. The Morgan fingerprint density at radius 3 is 2.59 bits per heavy atom. The molecule has 0 atom stereocenters. The number of aliphatic hydroxyl groups is 1. The number of ether oxygens (including phenoxy) is 1. The van der Waals surface area contributed by atoms with Crippen LogP contribution in [0.5, 0.6) is 5.75 Å². The molecule has 0 spiro atoms. The first-order chi connectivity index (χ1) is 13.0. The van der Waals surface area contributed by atoms with Crippen molar-refractivity contribution in [1.29, 1.82) is 0 Å². The molecule has 0 bridgehead atoms. The Bertz CT molecular complexity index is 961. The molecule has 2 aromatic carbocycles. The number of carbonyl (C=O) groups is 1. The smallest absolute Gasteiger partial charge is 0.344 e. The summed E-state index contributed by atoms with van der Waals surface area (Å²) in [5.41, 5.74) is 1.96. The van der Waals surface area contributed by atoms with Gasteiger partial charge in [-0.05, 0) is 37.6 Å². The summed E-state index contributed by atoms with van der Waals surface area (Å²) in [5, 5.41) is 21.2. The minimum absolute atomic E-state index is 0.0316. The number of thioether (sulfide) groups is 1. The van der Waals surface area contributed by atoms with Gasteiger partial charge in [0.05, 0.1) is 17.2 Å². The summed E-state index contributed by atoms with van der Waals surface area (Å²) in [6, 6.07) is 14.5. The number of benzene rings is 2. The molecule has 1 aliphatic rings. The fraction of sp³-hybridized carbons (Fsp3) is 0.143. The lowest BCUT2D eigenvalue weighted by Crippen LogP contribution is -2.12. The summed E-state index contributed by atoms with van der Waals surface area (Å²) < 4.78 is 5.08. The fourth-order valence-corrected chi connectivity index (χ4v) is 3.58. The van der Waals surface area contributed by atoms with E-state index in [0.717, 1.165) is 17.3 Å². The van der Waals surface area contributed by atoms with Crippen LogP contribution in [0.25, 0.3) is 6.08 Å². The van der Waals surface area contributed by atoms with Gasteiger partial charge >= 0.3 is 5.97 Å². The molecule has 3 rings (SSSR count). The Labute approximate surface area is 161 Å². The number of rotatable bonds is 4. The molecule has 138 valence electrons. The van der Waals surface area contributed by atoms with Gasteiger partial charge in [0.25, 0.3) is 0 Å². The minimum Gasteiger partial charge on any atom is -0.507 e. The number of hydrogen-bond acceptors (Lipinski definition) is 6. The van der Waals surface area contributed by atoms with Crippen molar-refractivity contribution in [3.63, 3.8) is 0 Å². The fourth-order valence-electron chi connectivity index (χ4n) is 2.55. The SMILES string of the molecule is CCOC(=O)C1=C(O)C(=Cc2cccc(C)c2O)SC1=Nc1ccccc1. The summed E-state index contributed by atoms with van der Waals surface area (Å²) in [6.07, 6.45) is 1.63. The van der Waals surface area contributed by atoms with E-state index in [4.69, 9.17) is 4.74 Å². The molecule has 0 saturated heterocycles. The maximum atomic E-state index is 12.4. The first kappa shape index (κ1) is 18.8. The summed E-state index contributed by atoms with van der Waals surface area (Å²) >= 11 is 1.16. The summed E-state index contributed by atoms with van der Waals surface area (Å²) in [5.74, 6) is -0.701. The van der Waals surface area contributed by atoms with Crippen LogP contribution in [-0.2, 0) is 9.53 Å². The maximum Gasteiger partial charge on any atom is 0.344 e. The Kier molecular flexibility index (Phi) is 5.66. The van der Waals surface area contributed by atoms with Crippen molar-refractivity contribution in [2.75, 3.05) is 6.61 Å². The number of aryl methyl sites for hydroxylation is 1. The van der Waals surface area contributed by atoms with Gasteiger partial charge in [-0.1, -0.05) is 48.2 Å². The number of phenolic OH excluding ortho intramolecular Hbond substituents is 1. The van der Waals surface area contributed by atoms with Gasteiger partial charge in [0.15, 0.2) is 0 Å². The molecule has 6 heteroatoms. The molecule has 0 radical (unpaired) electrons. The first-order valence-electron chi connectivity index (χ1n) is 8.44. The molecule has 0 aromatic heterocycles. The zero-order valence-electron chi connectivity index (χ0n) is 15.0. The van der Waals surface area contributed by atoms with Crippen LogP contribution >= 0.6 is 11.8 Å². The van der Waals surface area contributed by atoms with E-state index >= 15 is 0 Å². The third-order valence-electron chi connectivity index (χ3n) is 3.91. The van der Waals surface area contributed by atoms with E-state index in [-0.39, 0.29) is 23.7 Å². The molecule has 0 saturated carbocycles. The standard InChI is InChI=1S/C21H19NO4S/c1-3-26-21(25)17-19(24)16(12-14-9-7-8-13(2)18(14)23)27-20(17)22-15-10-5-4-6-11-15/h4-12,23-24H,3H2,1-2H3. The van der Waals surface area contributed by atoms with Crippen molar-refractivity contribution in [1.82, 2.24) is 0 Å². The van der Waals surface area contributed by atoms with Gasteiger partial charge < -0.3 is 14.9 Å². The maximum absolute atomic E-state index is 12.4. The first-order valence-corrected chi connectivity index (χ1v) is 9.26. The monoisotopic (exact) mass is 381 g/mol. The summed E-state index contributed by atoms with van der Waals surface area (Å²) in [4.78, 5) is 17.3. The quantitative estimate of drug-likeness (QED) is 0.737. The zero-order chi connectivity index (χ0) is 19.4. The van der Waals surface area contributed by atoms with Crippen molar-refractivity contribution in [3.8, 4) is 5.75 Å². The zero-order valence-corrected chi connectivity index (χ0v) is 15.8. The van der Waals surface area contributed by atoms with Crippen LogP contribution in [0.1, 0.15) is 18.1 Å². The summed E-state index contributed by atoms with van der Waals surface area (Å²) in [7, 11) is 0. The normalized spacial score (nSPS) is 17.0. The van der Waals surface area contributed by atoms with Crippen LogP contribution in [-0.4, -0.2) is 27.8 Å². The molecule has 2 N–H and O–H groups in total. The van der Waals surface area contributed by atoms with E-state index in [1.54, 1.807) is 32.1 Å². The molecule has 0 amide bonds. The average Bonchev–Trinajstić information content (AvgIpc) is 2.95. The number of hydrogen-bond donors (Lipinski definition) is 2.